The van der Waals surface area contributed by atoms with Crippen molar-refractivity contribution in [2.75, 3.05) is 0 Å². The SMILES string of the molecule is C[C@H](O)c1ccc(Oc2cc(Cl)ccc2[N+](=O)[O-])cc1. The highest BCUT2D eigenvalue weighted by molar-refractivity contribution is 6.30. The molecular formula is C14H12ClNO4. The van der Waals surface area contributed by atoms with Gasteiger partial charge in [0.25, 0.3) is 0 Å². The molecule has 5 nitrogen and oxygen atoms in total. The number of aliphatic hydroxyl groups excluding tert-OH is 1. The van der Waals surface area contributed by atoms with Crippen molar-refractivity contribution in [2.45, 2.75) is 13.0 Å². The maximum atomic E-state index is 10.9. The predicted molar refractivity (Wildman–Crippen MR) is 75.3 cm³/mol. The minimum atomic E-state index is -0.579. The van der Waals surface area contributed by atoms with E-state index in [1.54, 1.807) is 31.2 Å². The van der Waals surface area contributed by atoms with E-state index in [1.807, 2.05) is 0 Å². The summed E-state index contributed by atoms with van der Waals surface area (Å²) in [5.41, 5.74) is 0.576. The molecule has 0 aliphatic heterocycles. The molecule has 0 amide bonds. The molecule has 6 heteroatoms. The number of nitrogens with zero attached hydrogens (tertiary/aromatic N) is 1. The normalized spacial score (nSPS) is 11.9. The lowest BCUT2D eigenvalue weighted by Crippen LogP contribution is -1.94. The second kappa shape index (κ2) is 5.90. The number of halogens is 1. The fourth-order valence-electron chi connectivity index (χ4n) is 1.66. The Hall–Kier alpha value is -2.11. The van der Waals surface area contributed by atoms with E-state index in [0.717, 1.165) is 5.56 Å². The fraction of sp³-hybridized carbons (Fsp3) is 0.143. The highest BCUT2D eigenvalue weighted by atomic mass is 35.5. The van der Waals surface area contributed by atoms with Crippen LogP contribution in [0.15, 0.2) is 42.5 Å². The summed E-state index contributed by atoms with van der Waals surface area (Å²) < 4.78 is 5.48. The number of nitro groups is 1. The Labute approximate surface area is 120 Å². The third kappa shape index (κ3) is 3.26. The van der Waals surface area contributed by atoms with Crippen molar-refractivity contribution in [3.05, 3.63) is 63.2 Å². The highest BCUT2D eigenvalue weighted by Gasteiger charge is 2.16. The van der Waals surface area contributed by atoms with E-state index < -0.39 is 11.0 Å². The van der Waals surface area contributed by atoms with Crippen LogP contribution in [-0.2, 0) is 0 Å². The Kier molecular flexibility index (Phi) is 4.22. The summed E-state index contributed by atoms with van der Waals surface area (Å²) in [4.78, 5) is 10.4. The van der Waals surface area contributed by atoms with Crippen LogP contribution >= 0.6 is 11.6 Å². The predicted octanol–water partition coefficient (Wildman–Crippen LogP) is 4.09. The first-order chi connectivity index (χ1) is 9.47. The molecule has 0 saturated carbocycles. The number of hydrogen-bond donors (Lipinski definition) is 1. The maximum absolute atomic E-state index is 10.9. The van der Waals surface area contributed by atoms with Gasteiger partial charge in [-0.3, -0.25) is 10.1 Å². The average Bonchev–Trinajstić information content (AvgIpc) is 2.39. The number of rotatable bonds is 4. The minimum Gasteiger partial charge on any atom is -0.450 e. The molecule has 1 N–H and O–H groups in total. The number of aliphatic hydroxyl groups is 1. The third-order valence-electron chi connectivity index (χ3n) is 2.71. The molecule has 0 bridgehead atoms. The van der Waals surface area contributed by atoms with E-state index in [2.05, 4.69) is 0 Å². The van der Waals surface area contributed by atoms with Gasteiger partial charge >= 0.3 is 5.69 Å². The first-order valence-corrected chi connectivity index (χ1v) is 6.25. The molecule has 0 aliphatic rings. The van der Waals surface area contributed by atoms with Gasteiger partial charge in [0.2, 0.25) is 5.75 Å². The van der Waals surface area contributed by atoms with Crippen molar-refractivity contribution in [3.63, 3.8) is 0 Å². The number of benzene rings is 2. The zero-order valence-electron chi connectivity index (χ0n) is 10.6. The maximum Gasteiger partial charge on any atom is 0.311 e. The van der Waals surface area contributed by atoms with Gasteiger partial charge in [0, 0.05) is 17.2 Å². The Morgan fingerprint density at radius 1 is 1.25 bits per heavy atom. The van der Waals surface area contributed by atoms with Gasteiger partial charge in [-0.1, -0.05) is 23.7 Å². The molecule has 0 unspecified atom stereocenters. The Morgan fingerprint density at radius 2 is 1.90 bits per heavy atom. The van der Waals surface area contributed by atoms with Crippen LogP contribution in [0.5, 0.6) is 11.5 Å². The molecule has 20 heavy (non-hydrogen) atoms. The van der Waals surface area contributed by atoms with Crippen LogP contribution in [-0.4, -0.2) is 10.0 Å². The molecular weight excluding hydrogens is 282 g/mol. The van der Waals surface area contributed by atoms with Crippen LogP contribution in [0.25, 0.3) is 0 Å². The summed E-state index contributed by atoms with van der Waals surface area (Å²) >= 11 is 5.82. The first kappa shape index (κ1) is 14.3. The summed E-state index contributed by atoms with van der Waals surface area (Å²) in [6, 6.07) is 10.8. The summed E-state index contributed by atoms with van der Waals surface area (Å²) in [5, 5.41) is 20.7. The molecule has 0 aromatic heterocycles. The largest absolute Gasteiger partial charge is 0.450 e. The van der Waals surface area contributed by atoms with Crippen LogP contribution in [0.3, 0.4) is 0 Å². The van der Waals surface area contributed by atoms with Crippen LogP contribution < -0.4 is 4.74 Å². The quantitative estimate of drug-likeness (QED) is 0.680. The zero-order chi connectivity index (χ0) is 14.7. The van der Waals surface area contributed by atoms with E-state index in [-0.39, 0.29) is 11.4 Å². The third-order valence-corrected chi connectivity index (χ3v) is 2.94. The smallest absolute Gasteiger partial charge is 0.311 e. The van der Waals surface area contributed by atoms with Crippen molar-refractivity contribution in [1.82, 2.24) is 0 Å². The number of ether oxygens (including phenoxy) is 1. The number of nitro benzene ring substituents is 1. The van der Waals surface area contributed by atoms with E-state index in [1.165, 1.54) is 18.2 Å². The zero-order valence-corrected chi connectivity index (χ0v) is 11.4. The summed E-state index contributed by atoms with van der Waals surface area (Å²) in [7, 11) is 0. The second-order valence-corrected chi connectivity index (χ2v) is 4.65. The van der Waals surface area contributed by atoms with Crippen molar-refractivity contribution >= 4 is 17.3 Å². The summed E-state index contributed by atoms with van der Waals surface area (Å²) in [6.07, 6.45) is -0.579. The highest BCUT2D eigenvalue weighted by Crippen LogP contribution is 2.33. The van der Waals surface area contributed by atoms with Crippen LogP contribution in [0.2, 0.25) is 5.02 Å². The molecule has 0 saturated heterocycles. The van der Waals surface area contributed by atoms with Crippen molar-refractivity contribution < 1.29 is 14.8 Å². The number of hydrogen-bond acceptors (Lipinski definition) is 4. The molecule has 0 heterocycles. The molecule has 2 aromatic carbocycles. The topological polar surface area (TPSA) is 72.6 Å². The molecule has 0 spiro atoms. The molecule has 1 atom stereocenters. The monoisotopic (exact) mass is 293 g/mol. The molecule has 2 rings (SSSR count). The van der Waals surface area contributed by atoms with Crippen LogP contribution in [0.4, 0.5) is 5.69 Å². The van der Waals surface area contributed by atoms with Gasteiger partial charge in [-0.15, -0.1) is 0 Å². The van der Waals surface area contributed by atoms with Gasteiger partial charge < -0.3 is 9.84 Å². The van der Waals surface area contributed by atoms with E-state index in [0.29, 0.717) is 10.8 Å². The van der Waals surface area contributed by atoms with E-state index in [9.17, 15) is 15.2 Å². The lowest BCUT2D eigenvalue weighted by molar-refractivity contribution is -0.385. The van der Waals surface area contributed by atoms with Gasteiger partial charge in [-0.05, 0) is 30.7 Å². The van der Waals surface area contributed by atoms with Crippen LogP contribution in [0.1, 0.15) is 18.6 Å². The lowest BCUT2D eigenvalue weighted by Gasteiger charge is -2.08. The van der Waals surface area contributed by atoms with Gasteiger partial charge in [0.05, 0.1) is 11.0 Å². The molecule has 0 radical (unpaired) electrons. The van der Waals surface area contributed by atoms with E-state index >= 15 is 0 Å². The lowest BCUT2D eigenvalue weighted by atomic mass is 10.1. The summed E-state index contributed by atoms with van der Waals surface area (Å²) in [5.74, 6) is 0.507. The molecule has 0 aliphatic carbocycles. The fourth-order valence-corrected chi connectivity index (χ4v) is 1.82. The Bertz CT molecular complexity index is 626. The van der Waals surface area contributed by atoms with E-state index in [4.69, 9.17) is 16.3 Å². The minimum absolute atomic E-state index is 0.0762. The average molecular weight is 294 g/mol. The van der Waals surface area contributed by atoms with Gasteiger partial charge in [0.1, 0.15) is 5.75 Å². The first-order valence-electron chi connectivity index (χ1n) is 5.87. The van der Waals surface area contributed by atoms with Crippen molar-refractivity contribution in [2.24, 2.45) is 0 Å². The summed E-state index contributed by atoms with van der Waals surface area (Å²) in [6.45, 7) is 1.65. The van der Waals surface area contributed by atoms with Crippen LogP contribution in [0, 0.1) is 10.1 Å². The van der Waals surface area contributed by atoms with Gasteiger partial charge in [-0.2, -0.15) is 0 Å². The molecule has 104 valence electrons. The Balaban J connectivity index is 2.29. The second-order valence-electron chi connectivity index (χ2n) is 4.22. The van der Waals surface area contributed by atoms with Crippen molar-refractivity contribution in [1.29, 1.82) is 0 Å². The molecule has 0 fully saturated rings. The van der Waals surface area contributed by atoms with Crippen molar-refractivity contribution in [3.8, 4) is 11.5 Å². The van der Waals surface area contributed by atoms with Gasteiger partial charge in [-0.25, -0.2) is 0 Å². The standard InChI is InChI=1S/C14H12ClNO4/c1-9(17)10-2-5-12(6-3-10)20-14-8-11(15)4-7-13(14)16(18)19/h2-9,17H,1H3/t9-/m0/s1. The van der Waals surface area contributed by atoms with Gasteiger partial charge in [0.15, 0.2) is 0 Å². The Morgan fingerprint density at radius 3 is 2.45 bits per heavy atom. The molecule has 2 aromatic rings.